The molecule has 0 saturated carbocycles. The first-order valence-electron chi connectivity index (χ1n) is 8.02. The molecule has 8 nitrogen and oxygen atoms in total. The van der Waals surface area contributed by atoms with Crippen LogP contribution >= 0.6 is 0 Å². The molecule has 0 aromatic carbocycles. The van der Waals surface area contributed by atoms with Gasteiger partial charge < -0.3 is 19.0 Å². The van der Waals surface area contributed by atoms with Crippen LogP contribution in [0.2, 0.25) is 0 Å². The third-order valence-corrected chi connectivity index (χ3v) is 4.24. The summed E-state index contributed by atoms with van der Waals surface area (Å²) in [4.78, 5) is 44.7. The van der Waals surface area contributed by atoms with E-state index >= 15 is 0 Å². The van der Waals surface area contributed by atoms with Gasteiger partial charge in [-0.1, -0.05) is 0 Å². The highest BCUT2D eigenvalue weighted by molar-refractivity contribution is 5.91. The van der Waals surface area contributed by atoms with Gasteiger partial charge in [0, 0.05) is 31.1 Å². The van der Waals surface area contributed by atoms with Gasteiger partial charge in [-0.25, -0.2) is 4.98 Å². The molecule has 3 heterocycles. The number of nitrogens with one attached hydrogen (secondary N) is 1. The molecule has 25 heavy (non-hydrogen) atoms. The third-order valence-electron chi connectivity index (χ3n) is 4.24. The number of ether oxygens (including phenoxy) is 1. The van der Waals surface area contributed by atoms with E-state index in [1.807, 2.05) is 0 Å². The second kappa shape index (κ2) is 6.92. The highest BCUT2D eigenvalue weighted by Crippen LogP contribution is 2.26. The van der Waals surface area contributed by atoms with Gasteiger partial charge in [-0.15, -0.1) is 0 Å². The van der Waals surface area contributed by atoms with Gasteiger partial charge in [0.05, 0.1) is 12.8 Å². The van der Waals surface area contributed by atoms with Crippen LogP contribution in [-0.4, -0.2) is 41.0 Å². The maximum absolute atomic E-state index is 12.6. The van der Waals surface area contributed by atoms with Crippen LogP contribution in [0.15, 0.2) is 32.4 Å². The Bertz CT molecular complexity index is 902. The fourth-order valence-corrected chi connectivity index (χ4v) is 3.03. The van der Waals surface area contributed by atoms with Crippen LogP contribution in [0.25, 0.3) is 0 Å². The SMILES string of the molecule is COc1coc(C(=O)N2CCC[C@H](c3cc(=O)[nH]c(C)n3)C2)cc1=O. The van der Waals surface area contributed by atoms with Crippen LogP contribution in [0, 0.1) is 6.92 Å². The van der Waals surface area contributed by atoms with Gasteiger partial charge in [0.15, 0.2) is 5.76 Å². The number of hydrogen-bond acceptors (Lipinski definition) is 6. The molecule has 1 amide bonds. The Balaban J connectivity index is 1.81. The van der Waals surface area contributed by atoms with E-state index in [1.54, 1.807) is 11.8 Å². The van der Waals surface area contributed by atoms with Gasteiger partial charge in [-0.2, -0.15) is 0 Å². The second-order valence-electron chi connectivity index (χ2n) is 6.02. The molecule has 1 aliphatic heterocycles. The molecule has 0 aliphatic carbocycles. The number of hydrogen-bond donors (Lipinski definition) is 1. The minimum Gasteiger partial charge on any atom is -0.490 e. The first-order valence-corrected chi connectivity index (χ1v) is 8.02. The fourth-order valence-electron chi connectivity index (χ4n) is 3.03. The first kappa shape index (κ1) is 16.9. The van der Waals surface area contributed by atoms with Crippen molar-refractivity contribution in [3.63, 3.8) is 0 Å². The lowest BCUT2D eigenvalue weighted by Gasteiger charge is -2.32. The lowest BCUT2D eigenvalue weighted by Crippen LogP contribution is -2.39. The molecule has 3 rings (SSSR count). The van der Waals surface area contributed by atoms with Crippen LogP contribution in [0.5, 0.6) is 5.75 Å². The maximum Gasteiger partial charge on any atom is 0.289 e. The van der Waals surface area contributed by atoms with Crippen molar-refractivity contribution in [2.45, 2.75) is 25.7 Å². The Labute approximate surface area is 143 Å². The third kappa shape index (κ3) is 3.62. The normalized spacial score (nSPS) is 17.4. The summed E-state index contributed by atoms with van der Waals surface area (Å²) in [6.07, 6.45) is 2.76. The van der Waals surface area contributed by atoms with Gasteiger partial charge in [-0.3, -0.25) is 14.4 Å². The Morgan fingerprint density at radius 1 is 1.40 bits per heavy atom. The minimum atomic E-state index is -0.405. The molecule has 2 aromatic rings. The second-order valence-corrected chi connectivity index (χ2v) is 6.02. The van der Waals surface area contributed by atoms with E-state index in [1.165, 1.54) is 13.2 Å². The van der Waals surface area contributed by atoms with Crippen molar-refractivity contribution in [3.05, 3.63) is 56.3 Å². The number of aromatic amines is 1. The Morgan fingerprint density at radius 2 is 2.20 bits per heavy atom. The molecule has 2 aromatic heterocycles. The van der Waals surface area contributed by atoms with Crippen molar-refractivity contribution >= 4 is 5.91 Å². The average Bonchev–Trinajstić information content (AvgIpc) is 2.60. The Hall–Kier alpha value is -2.90. The molecular weight excluding hydrogens is 326 g/mol. The van der Waals surface area contributed by atoms with Crippen LogP contribution in [0.4, 0.5) is 0 Å². The number of rotatable bonds is 3. The zero-order chi connectivity index (χ0) is 18.0. The number of aryl methyl sites for hydroxylation is 1. The van der Waals surface area contributed by atoms with Gasteiger partial charge in [0.25, 0.3) is 11.5 Å². The number of carbonyl (C=O) groups excluding carboxylic acids is 1. The highest BCUT2D eigenvalue weighted by atomic mass is 16.5. The van der Waals surface area contributed by atoms with E-state index in [9.17, 15) is 14.4 Å². The van der Waals surface area contributed by atoms with Crippen molar-refractivity contribution in [2.75, 3.05) is 20.2 Å². The molecule has 1 saturated heterocycles. The summed E-state index contributed by atoms with van der Waals surface area (Å²) < 4.78 is 10.1. The van der Waals surface area contributed by atoms with E-state index in [-0.39, 0.29) is 28.9 Å². The minimum absolute atomic E-state index is 0.0244. The van der Waals surface area contributed by atoms with Crippen LogP contribution < -0.4 is 15.7 Å². The van der Waals surface area contributed by atoms with Crippen LogP contribution in [0.3, 0.4) is 0 Å². The van der Waals surface area contributed by atoms with Crippen molar-refractivity contribution in [1.82, 2.24) is 14.9 Å². The molecule has 1 aliphatic rings. The predicted molar refractivity (Wildman–Crippen MR) is 89.0 cm³/mol. The van der Waals surface area contributed by atoms with Crippen LogP contribution in [-0.2, 0) is 0 Å². The van der Waals surface area contributed by atoms with E-state index in [2.05, 4.69) is 9.97 Å². The van der Waals surface area contributed by atoms with Crippen molar-refractivity contribution in [1.29, 1.82) is 0 Å². The summed E-state index contributed by atoms with van der Waals surface area (Å²) in [5.41, 5.74) is 0.0691. The summed E-state index contributed by atoms with van der Waals surface area (Å²) in [7, 11) is 1.36. The summed E-state index contributed by atoms with van der Waals surface area (Å²) in [6.45, 7) is 2.71. The molecule has 1 N–H and O–H groups in total. The Kier molecular flexibility index (Phi) is 4.69. The van der Waals surface area contributed by atoms with Gasteiger partial charge >= 0.3 is 0 Å². The van der Waals surface area contributed by atoms with Crippen molar-refractivity contribution in [2.24, 2.45) is 0 Å². The van der Waals surface area contributed by atoms with Crippen molar-refractivity contribution < 1.29 is 13.9 Å². The lowest BCUT2D eigenvalue weighted by molar-refractivity contribution is 0.0670. The lowest BCUT2D eigenvalue weighted by atomic mass is 9.94. The quantitative estimate of drug-likeness (QED) is 0.892. The number of carbonyl (C=O) groups is 1. The van der Waals surface area contributed by atoms with E-state index in [0.717, 1.165) is 25.2 Å². The number of nitrogens with zero attached hydrogens (tertiary/aromatic N) is 2. The monoisotopic (exact) mass is 345 g/mol. The number of methoxy groups -OCH3 is 1. The zero-order valence-corrected chi connectivity index (χ0v) is 14.1. The standard InChI is InChI=1S/C17H19N3O5/c1-10-18-12(6-16(22)19-10)11-4-3-5-20(8-11)17(23)14-7-13(21)15(24-2)9-25-14/h6-7,9,11H,3-5,8H2,1-2H3,(H,18,19,22)/t11-/m0/s1. The van der Waals surface area contributed by atoms with E-state index in [4.69, 9.17) is 9.15 Å². The largest absolute Gasteiger partial charge is 0.490 e. The fraction of sp³-hybridized carbons (Fsp3) is 0.412. The molecule has 0 spiro atoms. The number of aromatic nitrogens is 2. The average molecular weight is 345 g/mol. The zero-order valence-electron chi connectivity index (χ0n) is 14.1. The molecule has 0 unspecified atom stereocenters. The molecule has 1 atom stereocenters. The number of amides is 1. The first-order chi connectivity index (χ1) is 12.0. The summed E-state index contributed by atoms with van der Waals surface area (Å²) in [5, 5.41) is 0. The predicted octanol–water partition coefficient (Wildman–Crippen LogP) is 1.06. The molecular formula is C17H19N3O5. The highest BCUT2D eigenvalue weighted by Gasteiger charge is 2.28. The summed E-state index contributed by atoms with van der Waals surface area (Å²) in [5.74, 6) is 0.194. The summed E-state index contributed by atoms with van der Waals surface area (Å²) >= 11 is 0. The van der Waals surface area contributed by atoms with Gasteiger partial charge in [0.1, 0.15) is 12.1 Å². The maximum atomic E-state index is 12.6. The molecule has 8 heteroatoms. The smallest absolute Gasteiger partial charge is 0.289 e. The van der Waals surface area contributed by atoms with E-state index in [0.29, 0.717) is 24.6 Å². The number of likely N-dealkylation sites (tertiary alicyclic amines) is 1. The molecule has 132 valence electrons. The van der Waals surface area contributed by atoms with Gasteiger partial charge in [-0.05, 0) is 19.8 Å². The number of H-pyrrole nitrogens is 1. The van der Waals surface area contributed by atoms with Gasteiger partial charge in [0.2, 0.25) is 11.2 Å². The molecule has 0 radical (unpaired) electrons. The van der Waals surface area contributed by atoms with E-state index < -0.39 is 5.43 Å². The molecule has 1 fully saturated rings. The topological polar surface area (TPSA) is 106 Å². The van der Waals surface area contributed by atoms with Crippen molar-refractivity contribution in [3.8, 4) is 5.75 Å². The Morgan fingerprint density at radius 3 is 2.88 bits per heavy atom. The van der Waals surface area contributed by atoms with Crippen LogP contribution in [0.1, 0.15) is 40.8 Å². The summed E-state index contributed by atoms with van der Waals surface area (Å²) in [6, 6.07) is 2.61. The molecule has 0 bridgehead atoms. The number of piperidine rings is 1.